The number of nitrogens with two attached hydrogens (primary N) is 1. The highest BCUT2D eigenvalue weighted by Crippen LogP contribution is 2.47. The molecule has 1 aromatic carbocycles. The largest absolute Gasteiger partial charge is 0.355 e. The van der Waals surface area contributed by atoms with Gasteiger partial charge in [-0.15, -0.1) is 12.4 Å². The maximum absolute atomic E-state index is 13.2. The molecule has 0 aliphatic heterocycles. The van der Waals surface area contributed by atoms with Crippen molar-refractivity contribution in [3.63, 3.8) is 0 Å². The first-order chi connectivity index (χ1) is 10.1. The second-order valence-electron chi connectivity index (χ2n) is 6.23. The predicted octanol–water partition coefficient (Wildman–Crippen LogP) is 3.04. The van der Waals surface area contributed by atoms with E-state index in [9.17, 15) is 9.18 Å². The van der Waals surface area contributed by atoms with Gasteiger partial charge < -0.3 is 11.1 Å². The van der Waals surface area contributed by atoms with Crippen molar-refractivity contribution in [2.75, 3.05) is 6.54 Å². The van der Waals surface area contributed by atoms with Gasteiger partial charge in [0.25, 0.3) is 0 Å². The Bertz CT molecular complexity index is 555. The van der Waals surface area contributed by atoms with Gasteiger partial charge >= 0.3 is 0 Å². The van der Waals surface area contributed by atoms with E-state index in [4.69, 9.17) is 5.73 Å². The van der Waals surface area contributed by atoms with Crippen LogP contribution in [0.5, 0.6) is 0 Å². The molecule has 1 aromatic rings. The number of hydrogen-bond acceptors (Lipinski definition) is 2. The molecule has 6 heteroatoms. The standard InChI is InChI=1S/C16H20BrFN2O.ClH/c17-12-7-9(1-4-13(12)18)5-6-20-16(21)14-10-2-3-11(8-10)15(14)19;/h1,4,7,10-11,14-15H,2-3,5-6,8,19H2,(H,20,21);1H. The van der Waals surface area contributed by atoms with Crippen molar-refractivity contribution < 1.29 is 9.18 Å². The highest BCUT2D eigenvalue weighted by Gasteiger charge is 2.48. The van der Waals surface area contributed by atoms with Gasteiger partial charge in [0.15, 0.2) is 0 Å². The summed E-state index contributed by atoms with van der Waals surface area (Å²) in [6.07, 6.45) is 4.13. The minimum Gasteiger partial charge on any atom is -0.355 e. The number of carbonyl (C=O) groups excluding carboxylic acids is 1. The molecule has 122 valence electrons. The summed E-state index contributed by atoms with van der Waals surface area (Å²) in [7, 11) is 0. The molecule has 0 radical (unpaired) electrons. The Balaban J connectivity index is 0.00000176. The molecule has 4 unspecified atom stereocenters. The first kappa shape index (κ1) is 17.7. The van der Waals surface area contributed by atoms with Crippen molar-refractivity contribution >= 4 is 34.2 Å². The average molecular weight is 392 g/mol. The molecule has 1 amide bonds. The summed E-state index contributed by atoms with van der Waals surface area (Å²) in [4.78, 5) is 12.3. The summed E-state index contributed by atoms with van der Waals surface area (Å²) < 4.78 is 13.6. The van der Waals surface area contributed by atoms with Gasteiger partial charge in [0.1, 0.15) is 5.82 Å². The minimum absolute atomic E-state index is 0. The zero-order valence-electron chi connectivity index (χ0n) is 12.2. The summed E-state index contributed by atoms with van der Waals surface area (Å²) in [5.41, 5.74) is 7.18. The lowest BCUT2D eigenvalue weighted by atomic mass is 9.84. The molecule has 0 aromatic heterocycles. The number of carbonyl (C=O) groups is 1. The number of amides is 1. The molecule has 3 nitrogen and oxygen atoms in total. The molecule has 22 heavy (non-hydrogen) atoms. The normalized spacial score (nSPS) is 29.2. The molecule has 3 rings (SSSR count). The number of halogens is 3. The quantitative estimate of drug-likeness (QED) is 0.829. The third-order valence-electron chi connectivity index (χ3n) is 4.98. The average Bonchev–Trinajstić information content (AvgIpc) is 3.03. The summed E-state index contributed by atoms with van der Waals surface area (Å²) in [5, 5.41) is 2.99. The molecule has 0 spiro atoms. The van der Waals surface area contributed by atoms with Gasteiger partial charge in [-0.05, 0) is 71.1 Å². The number of benzene rings is 1. The van der Waals surface area contributed by atoms with Gasteiger partial charge in [0.05, 0.1) is 10.4 Å². The molecular weight excluding hydrogens is 371 g/mol. The van der Waals surface area contributed by atoms with Crippen LogP contribution in [-0.4, -0.2) is 18.5 Å². The zero-order chi connectivity index (χ0) is 15.0. The maximum Gasteiger partial charge on any atom is 0.224 e. The van der Waals surface area contributed by atoms with Crippen LogP contribution in [0.15, 0.2) is 22.7 Å². The van der Waals surface area contributed by atoms with Crippen molar-refractivity contribution in [2.24, 2.45) is 23.5 Å². The molecule has 0 heterocycles. The summed E-state index contributed by atoms with van der Waals surface area (Å²) in [6.45, 7) is 0.567. The first-order valence-corrected chi connectivity index (χ1v) is 8.33. The van der Waals surface area contributed by atoms with Crippen LogP contribution < -0.4 is 11.1 Å². The highest BCUT2D eigenvalue weighted by molar-refractivity contribution is 9.10. The van der Waals surface area contributed by atoms with E-state index < -0.39 is 0 Å². The van der Waals surface area contributed by atoms with Gasteiger partial charge in [0.2, 0.25) is 5.91 Å². The van der Waals surface area contributed by atoms with Gasteiger partial charge in [-0.3, -0.25) is 4.79 Å². The van der Waals surface area contributed by atoms with E-state index >= 15 is 0 Å². The van der Waals surface area contributed by atoms with E-state index in [1.54, 1.807) is 12.1 Å². The van der Waals surface area contributed by atoms with Gasteiger partial charge in [0, 0.05) is 12.6 Å². The topological polar surface area (TPSA) is 55.1 Å². The number of fused-ring (bicyclic) bond motifs is 2. The highest BCUT2D eigenvalue weighted by atomic mass is 79.9. The Kier molecular flexibility index (Phi) is 5.86. The smallest absolute Gasteiger partial charge is 0.224 e. The second-order valence-corrected chi connectivity index (χ2v) is 7.08. The lowest BCUT2D eigenvalue weighted by Gasteiger charge is -2.27. The monoisotopic (exact) mass is 390 g/mol. The van der Waals surface area contributed by atoms with Crippen LogP contribution in [-0.2, 0) is 11.2 Å². The maximum atomic E-state index is 13.2. The van der Waals surface area contributed by atoms with E-state index in [0.29, 0.717) is 29.3 Å². The van der Waals surface area contributed by atoms with Crippen molar-refractivity contribution in [1.82, 2.24) is 5.32 Å². The van der Waals surface area contributed by atoms with Gasteiger partial charge in [-0.25, -0.2) is 4.39 Å². The van der Waals surface area contributed by atoms with Crippen molar-refractivity contribution in [3.05, 3.63) is 34.1 Å². The lowest BCUT2D eigenvalue weighted by Crippen LogP contribution is -2.45. The van der Waals surface area contributed by atoms with Gasteiger partial charge in [-0.2, -0.15) is 0 Å². The number of nitrogens with one attached hydrogen (secondary N) is 1. The predicted molar refractivity (Wildman–Crippen MR) is 90.4 cm³/mol. The summed E-state index contributed by atoms with van der Waals surface area (Å²) in [6, 6.07) is 4.97. The Morgan fingerprint density at radius 2 is 2.09 bits per heavy atom. The van der Waals surface area contributed by atoms with E-state index in [2.05, 4.69) is 21.2 Å². The minimum atomic E-state index is -0.268. The van der Waals surface area contributed by atoms with Crippen LogP contribution in [0.1, 0.15) is 24.8 Å². The third-order valence-corrected chi connectivity index (χ3v) is 5.59. The number of hydrogen-bond donors (Lipinski definition) is 2. The van der Waals surface area contributed by atoms with Crippen LogP contribution in [0, 0.1) is 23.6 Å². The van der Waals surface area contributed by atoms with Gasteiger partial charge in [-0.1, -0.05) is 6.07 Å². The van der Waals surface area contributed by atoms with Crippen molar-refractivity contribution in [2.45, 2.75) is 31.7 Å². The zero-order valence-corrected chi connectivity index (χ0v) is 14.6. The molecule has 0 saturated heterocycles. The fourth-order valence-electron chi connectivity index (χ4n) is 3.87. The van der Waals surface area contributed by atoms with Crippen LogP contribution in [0.25, 0.3) is 0 Å². The van der Waals surface area contributed by atoms with E-state index in [1.165, 1.54) is 12.5 Å². The summed E-state index contributed by atoms with van der Waals surface area (Å²) in [5.74, 6) is 0.832. The number of rotatable bonds is 4. The Labute approximate surface area is 144 Å². The van der Waals surface area contributed by atoms with E-state index in [1.807, 2.05) is 0 Å². The molecule has 2 saturated carbocycles. The SMILES string of the molecule is Cl.NC1C2CCC(C2)C1C(=O)NCCc1ccc(F)c(Br)c1. The van der Waals surface area contributed by atoms with Crippen molar-refractivity contribution in [1.29, 1.82) is 0 Å². The Morgan fingerprint density at radius 1 is 1.36 bits per heavy atom. The Morgan fingerprint density at radius 3 is 2.73 bits per heavy atom. The molecule has 2 aliphatic carbocycles. The third kappa shape index (κ3) is 3.47. The molecule has 2 aliphatic rings. The van der Waals surface area contributed by atoms with Crippen LogP contribution >= 0.6 is 28.3 Å². The molecule has 4 atom stereocenters. The molecule has 2 fully saturated rings. The van der Waals surface area contributed by atoms with Crippen LogP contribution in [0.2, 0.25) is 0 Å². The van der Waals surface area contributed by atoms with Crippen LogP contribution in [0.4, 0.5) is 4.39 Å². The van der Waals surface area contributed by atoms with Crippen molar-refractivity contribution in [3.8, 4) is 0 Å². The first-order valence-electron chi connectivity index (χ1n) is 7.53. The molecule has 3 N–H and O–H groups in total. The Hall–Kier alpha value is -0.650. The second kappa shape index (κ2) is 7.28. The summed E-state index contributed by atoms with van der Waals surface area (Å²) >= 11 is 3.17. The van der Waals surface area contributed by atoms with E-state index in [-0.39, 0.29) is 36.1 Å². The molecular formula is C16H21BrClFN2O. The fraction of sp³-hybridized carbons (Fsp3) is 0.562. The molecule has 2 bridgehead atoms. The lowest BCUT2D eigenvalue weighted by molar-refractivity contribution is -0.127. The fourth-order valence-corrected chi connectivity index (χ4v) is 4.29. The van der Waals surface area contributed by atoms with Crippen LogP contribution in [0.3, 0.4) is 0 Å². The van der Waals surface area contributed by atoms with E-state index in [0.717, 1.165) is 18.4 Å².